The van der Waals surface area contributed by atoms with Gasteiger partial charge in [-0.05, 0) is 35.4 Å². The second-order valence-corrected chi connectivity index (χ2v) is 5.98. The van der Waals surface area contributed by atoms with E-state index in [1.165, 1.54) is 7.11 Å². The molecule has 0 unspecified atom stereocenters. The maximum Gasteiger partial charge on any atom is 0.255 e. The van der Waals surface area contributed by atoms with Crippen LogP contribution in [0.3, 0.4) is 0 Å². The molecule has 1 N–H and O–H groups in total. The Kier molecular flexibility index (Phi) is 5.36. The van der Waals surface area contributed by atoms with Crippen molar-refractivity contribution in [3.8, 4) is 5.75 Å². The van der Waals surface area contributed by atoms with E-state index in [1.807, 2.05) is 41.2 Å². The Morgan fingerprint density at radius 3 is 2.64 bits per heavy atom. The molecule has 3 aromatic rings. The average molecular weight is 356 g/mol. The third-order valence-electron chi connectivity index (χ3n) is 3.79. The highest BCUT2D eigenvalue weighted by atomic mass is 35.5. The van der Waals surface area contributed by atoms with Crippen molar-refractivity contribution in [3.05, 3.63) is 82.6 Å². The first-order valence-corrected chi connectivity index (χ1v) is 8.20. The van der Waals surface area contributed by atoms with Crippen molar-refractivity contribution in [2.75, 3.05) is 7.11 Å². The lowest BCUT2D eigenvalue weighted by molar-refractivity contribution is 0.0948. The number of methoxy groups -OCH3 is 1. The van der Waals surface area contributed by atoms with E-state index < -0.39 is 0 Å². The number of aromatic nitrogens is 2. The van der Waals surface area contributed by atoms with Crippen molar-refractivity contribution in [2.45, 2.75) is 13.1 Å². The van der Waals surface area contributed by atoms with Crippen LogP contribution in [0.5, 0.6) is 5.75 Å². The van der Waals surface area contributed by atoms with Gasteiger partial charge in [0.05, 0.1) is 19.2 Å². The van der Waals surface area contributed by atoms with Gasteiger partial charge in [-0.3, -0.25) is 9.48 Å². The Hall–Kier alpha value is -2.79. The molecule has 0 saturated heterocycles. The maximum atomic E-state index is 12.3. The summed E-state index contributed by atoms with van der Waals surface area (Å²) in [5.41, 5.74) is 2.63. The van der Waals surface area contributed by atoms with Gasteiger partial charge in [-0.15, -0.1) is 0 Å². The Balaban J connectivity index is 1.60. The van der Waals surface area contributed by atoms with Crippen molar-refractivity contribution in [1.82, 2.24) is 15.1 Å². The first kappa shape index (κ1) is 17.0. The van der Waals surface area contributed by atoms with Crippen LogP contribution in [0.1, 0.15) is 21.5 Å². The van der Waals surface area contributed by atoms with E-state index in [0.29, 0.717) is 22.9 Å². The van der Waals surface area contributed by atoms with E-state index in [2.05, 4.69) is 10.4 Å². The van der Waals surface area contributed by atoms with Gasteiger partial charge in [-0.1, -0.05) is 35.9 Å². The molecule has 0 fully saturated rings. The Bertz CT molecular complexity index is 846. The highest BCUT2D eigenvalue weighted by Crippen LogP contribution is 2.23. The van der Waals surface area contributed by atoms with Crippen molar-refractivity contribution < 1.29 is 9.53 Å². The average Bonchev–Trinajstić information content (AvgIpc) is 3.13. The first-order chi connectivity index (χ1) is 12.2. The fraction of sp³-hybridized carbons (Fsp3) is 0.158. The van der Waals surface area contributed by atoms with Crippen LogP contribution in [0.25, 0.3) is 0 Å². The molecule has 0 spiro atoms. The maximum absolute atomic E-state index is 12.3. The summed E-state index contributed by atoms with van der Waals surface area (Å²) in [7, 11) is 1.51. The van der Waals surface area contributed by atoms with E-state index in [0.717, 1.165) is 17.7 Å². The zero-order valence-corrected chi connectivity index (χ0v) is 14.5. The van der Waals surface area contributed by atoms with Crippen LogP contribution in [0, 0.1) is 0 Å². The number of benzene rings is 2. The molecule has 3 rings (SSSR count). The predicted molar refractivity (Wildman–Crippen MR) is 96.9 cm³/mol. The van der Waals surface area contributed by atoms with E-state index in [9.17, 15) is 4.79 Å². The second-order valence-electron chi connectivity index (χ2n) is 5.55. The van der Waals surface area contributed by atoms with Crippen LogP contribution in [-0.4, -0.2) is 22.8 Å². The van der Waals surface area contributed by atoms with Crippen molar-refractivity contribution in [2.24, 2.45) is 0 Å². The van der Waals surface area contributed by atoms with Crippen LogP contribution in [0.15, 0.2) is 60.9 Å². The van der Waals surface area contributed by atoms with Crippen LogP contribution in [-0.2, 0) is 13.1 Å². The summed E-state index contributed by atoms with van der Waals surface area (Å²) in [5.74, 6) is 0.258. The van der Waals surface area contributed by atoms with Crippen molar-refractivity contribution >= 4 is 17.5 Å². The zero-order valence-electron chi connectivity index (χ0n) is 13.8. The van der Waals surface area contributed by atoms with Gasteiger partial charge in [0, 0.05) is 24.0 Å². The normalized spacial score (nSPS) is 10.5. The minimum Gasteiger partial charge on any atom is -0.496 e. The summed E-state index contributed by atoms with van der Waals surface area (Å²) in [6.07, 6.45) is 3.68. The van der Waals surface area contributed by atoms with Gasteiger partial charge in [0.25, 0.3) is 5.91 Å². The molecule has 0 radical (unpaired) electrons. The molecule has 6 heteroatoms. The summed E-state index contributed by atoms with van der Waals surface area (Å²) in [6.45, 7) is 1.16. The Morgan fingerprint density at radius 1 is 1.20 bits per heavy atom. The van der Waals surface area contributed by atoms with Crippen LogP contribution in [0.2, 0.25) is 5.02 Å². The Morgan fingerprint density at radius 2 is 1.96 bits per heavy atom. The van der Waals surface area contributed by atoms with Gasteiger partial charge in [0.2, 0.25) is 0 Å². The minimum absolute atomic E-state index is 0.200. The standard InChI is InChI=1S/C19H18ClN3O2/c1-25-18-11-16(20)7-8-17(18)19(24)21-12-14-3-5-15(6-4-14)13-23-10-2-9-22-23/h2-11H,12-13H2,1H3,(H,21,24). The summed E-state index contributed by atoms with van der Waals surface area (Å²) in [6, 6.07) is 14.9. The summed E-state index contributed by atoms with van der Waals surface area (Å²) >= 11 is 5.92. The van der Waals surface area contributed by atoms with E-state index in [1.54, 1.807) is 24.4 Å². The fourth-order valence-corrected chi connectivity index (χ4v) is 2.64. The number of rotatable bonds is 6. The molecule has 0 aliphatic heterocycles. The molecule has 2 aromatic carbocycles. The molecule has 128 valence electrons. The molecule has 5 nitrogen and oxygen atoms in total. The van der Waals surface area contributed by atoms with E-state index in [-0.39, 0.29) is 5.91 Å². The molecule has 0 aliphatic rings. The minimum atomic E-state index is -0.200. The first-order valence-electron chi connectivity index (χ1n) is 7.82. The van der Waals surface area contributed by atoms with E-state index in [4.69, 9.17) is 16.3 Å². The number of amides is 1. The molecule has 1 heterocycles. The second kappa shape index (κ2) is 7.85. The van der Waals surface area contributed by atoms with Crippen LogP contribution in [0.4, 0.5) is 0 Å². The highest BCUT2D eigenvalue weighted by molar-refractivity contribution is 6.30. The molecule has 25 heavy (non-hydrogen) atoms. The summed E-state index contributed by atoms with van der Waals surface area (Å²) in [4.78, 5) is 12.3. The molecule has 0 aliphatic carbocycles. The molecule has 0 atom stereocenters. The number of hydrogen-bond donors (Lipinski definition) is 1. The van der Waals surface area contributed by atoms with Crippen LogP contribution >= 0.6 is 11.6 Å². The number of carbonyl (C=O) groups excluding carboxylic acids is 1. The van der Waals surface area contributed by atoms with Crippen LogP contribution < -0.4 is 10.1 Å². The highest BCUT2D eigenvalue weighted by Gasteiger charge is 2.12. The predicted octanol–water partition coefficient (Wildman–Crippen LogP) is 3.52. The number of nitrogens with zero attached hydrogens (tertiary/aromatic N) is 2. The topological polar surface area (TPSA) is 56.1 Å². The quantitative estimate of drug-likeness (QED) is 0.736. The number of hydrogen-bond acceptors (Lipinski definition) is 3. The molecular weight excluding hydrogens is 338 g/mol. The van der Waals surface area contributed by atoms with Gasteiger partial charge < -0.3 is 10.1 Å². The number of nitrogens with one attached hydrogen (secondary N) is 1. The smallest absolute Gasteiger partial charge is 0.255 e. The summed E-state index contributed by atoms with van der Waals surface area (Å²) in [5, 5.41) is 7.61. The third kappa shape index (κ3) is 4.39. The lowest BCUT2D eigenvalue weighted by Crippen LogP contribution is -2.23. The molecule has 1 aromatic heterocycles. The van der Waals surface area contributed by atoms with Gasteiger partial charge in [0.15, 0.2) is 0 Å². The fourth-order valence-electron chi connectivity index (χ4n) is 2.47. The van der Waals surface area contributed by atoms with Gasteiger partial charge in [-0.2, -0.15) is 5.10 Å². The zero-order chi connectivity index (χ0) is 17.6. The molecular formula is C19H18ClN3O2. The SMILES string of the molecule is COc1cc(Cl)ccc1C(=O)NCc1ccc(Cn2cccn2)cc1. The lowest BCUT2D eigenvalue weighted by atomic mass is 10.1. The van der Waals surface area contributed by atoms with Gasteiger partial charge in [0.1, 0.15) is 5.75 Å². The lowest BCUT2D eigenvalue weighted by Gasteiger charge is -2.10. The van der Waals surface area contributed by atoms with E-state index >= 15 is 0 Å². The summed E-state index contributed by atoms with van der Waals surface area (Å²) < 4.78 is 7.08. The van der Waals surface area contributed by atoms with Gasteiger partial charge in [-0.25, -0.2) is 0 Å². The number of halogens is 1. The Labute approximate surface area is 151 Å². The molecule has 0 saturated carbocycles. The van der Waals surface area contributed by atoms with Crippen molar-refractivity contribution in [1.29, 1.82) is 0 Å². The third-order valence-corrected chi connectivity index (χ3v) is 4.02. The molecule has 1 amide bonds. The largest absolute Gasteiger partial charge is 0.496 e. The van der Waals surface area contributed by atoms with Crippen molar-refractivity contribution in [3.63, 3.8) is 0 Å². The number of carbonyl (C=O) groups is 1. The molecule has 0 bridgehead atoms. The monoisotopic (exact) mass is 355 g/mol. The van der Waals surface area contributed by atoms with Gasteiger partial charge >= 0.3 is 0 Å². The number of ether oxygens (including phenoxy) is 1.